The zero-order valence-corrected chi connectivity index (χ0v) is 19.3. The quantitative estimate of drug-likeness (QED) is 0.367. The van der Waals surface area contributed by atoms with Gasteiger partial charge in [-0.25, -0.2) is 14.3 Å². The van der Waals surface area contributed by atoms with Crippen molar-refractivity contribution < 1.29 is 18.9 Å². The van der Waals surface area contributed by atoms with Gasteiger partial charge in [-0.15, -0.1) is 22.7 Å². The Kier molecular flexibility index (Phi) is 4.55. The first-order valence-electron chi connectivity index (χ1n) is 10.7. The lowest BCUT2D eigenvalue weighted by molar-refractivity contribution is 0.174. The largest absolute Gasteiger partial charge is 0.485 e. The average Bonchev–Trinajstić information content (AvgIpc) is 3.68. The maximum absolute atomic E-state index is 5.81. The van der Waals surface area contributed by atoms with E-state index in [2.05, 4.69) is 10.2 Å². The van der Waals surface area contributed by atoms with E-state index >= 15 is 0 Å². The molecule has 5 aromatic heterocycles. The van der Waals surface area contributed by atoms with Crippen molar-refractivity contribution in [1.82, 2.24) is 24.5 Å². The van der Waals surface area contributed by atoms with E-state index in [4.69, 9.17) is 23.9 Å². The highest BCUT2D eigenvalue weighted by atomic mass is 32.1. The normalized spacial score (nSPS) is 14.4. The summed E-state index contributed by atoms with van der Waals surface area (Å²) in [6.45, 7) is 2.25. The molecule has 0 saturated heterocycles. The fourth-order valence-corrected chi connectivity index (χ4v) is 5.74. The molecular formula is C23H17N5O4S2. The van der Waals surface area contributed by atoms with Crippen LogP contribution in [0.1, 0.15) is 0 Å². The lowest BCUT2D eigenvalue weighted by Gasteiger charge is -2.15. The maximum atomic E-state index is 5.81. The second kappa shape index (κ2) is 7.89. The van der Waals surface area contributed by atoms with Crippen LogP contribution in [0.5, 0.6) is 23.0 Å². The van der Waals surface area contributed by atoms with Crippen LogP contribution in [0.15, 0.2) is 53.7 Å². The van der Waals surface area contributed by atoms with E-state index in [-0.39, 0.29) is 0 Å². The highest BCUT2D eigenvalue weighted by molar-refractivity contribution is 7.14. The second-order valence-electron chi connectivity index (χ2n) is 7.61. The summed E-state index contributed by atoms with van der Waals surface area (Å²) < 4.78 is 26.5. The fraction of sp³-hybridized carbons (Fsp3) is 0.174. The van der Waals surface area contributed by atoms with Crippen LogP contribution < -0.4 is 18.9 Å². The number of rotatable bonds is 4. The number of fused-ring (bicyclic) bond motifs is 2. The minimum absolute atomic E-state index is 0.549. The Balaban J connectivity index is 1.19. The van der Waals surface area contributed by atoms with E-state index in [1.54, 1.807) is 32.0 Å². The summed E-state index contributed by atoms with van der Waals surface area (Å²) in [6.07, 6.45) is 7.51. The van der Waals surface area contributed by atoms with Crippen molar-refractivity contribution in [1.29, 1.82) is 0 Å². The molecule has 2 aliphatic rings. The van der Waals surface area contributed by atoms with Gasteiger partial charge in [0.1, 0.15) is 26.4 Å². The summed E-state index contributed by atoms with van der Waals surface area (Å²) in [5.41, 5.74) is 1.91. The van der Waals surface area contributed by atoms with Crippen LogP contribution in [0.25, 0.3) is 32.5 Å². The van der Waals surface area contributed by atoms with E-state index in [0.29, 0.717) is 38.1 Å². The summed E-state index contributed by atoms with van der Waals surface area (Å²) in [6, 6.07) is 5.76. The number of hydrogen-bond donors (Lipinski definition) is 0. The molecule has 0 spiro atoms. The standard InChI is InChI=1S/C23H17N5O4S2/c1-2-18(27-10-14(8-24-27)22-20-16(12-33-22)29-4-6-31-20)26-19(3-1)28-11-15(9-25-28)23-21-17(13-34-23)30-5-7-32-21/h1-3,8-13H,4-7H2. The van der Waals surface area contributed by atoms with Gasteiger partial charge in [-0.3, -0.25) is 0 Å². The molecular weight excluding hydrogens is 474 g/mol. The number of aromatic nitrogens is 5. The highest BCUT2D eigenvalue weighted by Crippen LogP contribution is 2.46. The lowest BCUT2D eigenvalue weighted by Crippen LogP contribution is -2.14. The van der Waals surface area contributed by atoms with E-state index in [1.807, 2.05) is 53.7 Å². The molecule has 0 amide bonds. The third-order valence-electron chi connectivity index (χ3n) is 5.48. The molecule has 7 rings (SSSR count). The van der Waals surface area contributed by atoms with Gasteiger partial charge in [-0.1, -0.05) is 6.07 Å². The SMILES string of the molecule is c1cc(-n2cc(-c3scc4c3OCCO4)cn2)nc(-n2cc(-c3scc4c3OCCO4)cn2)c1. The molecule has 170 valence electrons. The molecule has 0 unspecified atom stereocenters. The van der Waals surface area contributed by atoms with Crippen LogP contribution in [-0.2, 0) is 0 Å². The number of nitrogens with zero attached hydrogens (tertiary/aromatic N) is 5. The lowest BCUT2D eigenvalue weighted by atomic mass is 10.2. The van der Waals surface area contributed by atoms with Crippen LogP contribution in [0, 0.1) is 0 Å². The molecule has 0 fully saturated rings. The highest BCUT2D eigenvalue weighted by Gasteiger charge is 2.22. The first-order chi connectivity index (χ1) is 16.8. The summed E-state index contributed by atoms with van der Waals surface area (Å²) >= 11 is 3.16. The molecule has 9 nitrogen and oxygen atoms in total. The predicted molar refractivity (Wildman–Crippen MR) is 127 cm³/mol. The molecule has 34 heavy (non-hydrogen) atoms. The predicted octanol–water partition coefficient (Wildman–Crippen LogP) is 4.45. The number of ether oxygens (including phenoxy) is 4. The van der Waals surface area contributed by atoms with Gasteiger partial charge in [0.05, 0.1) is 22.1 Å². The smallest absolute Gasteiger partial charge is 0.180 e. The van der Waals surface area contributed by atoms with Crippen molar-refractivity contribution >= 4 is 22.7 Å². The van der Waals surface area contributed by atoms with Gasteiger partial charge in [-0.2, -0.15) is 10.2 Å². The van der Waals surface area contributed by atoms with Gasteiger partial charge in [0.25, 0.3) is 0 Å². The minimum atomic E-state index is 0.549. The molecule has 7 heterocycles. The van der Waals surface area contributed by atoms with Gasteiger partial charge in [0, 0.05) is 34.3 Å². The first kappa shape index (κ1) is 19.6. The van der Waals surface area contributed by atoms with Crippen molar-refractivity contribution in [2.75, 3.05) is 26.4 Å². The Morgan fingerprint density at radius 1 is 0.676 bits per heavy atom. The van der Waals surface area contributed by atoms with Crippen LogP contribution in [0.2, 0.25) is 0 Å². The van der Waals surface area contributed by atoms with Gasteiger partial charge in [0.2, 0.25) is 0 Å². The van der Waals surface area contributed by atoms with E-state index in [0.717, 1.165) is 43.9 Å². The van der Waals surface area contributed by atoms with Gasteiger partial charge < -0.3 is 18.9 Å². The third-order valence-corrected chi connectivity index (χ3v) is 7.46. The Hall–Kier alpha value is -3.83. The van der Waals surface area contributed by atoms with Crippen molar-refractivity contribution in [3.8, 4) is 55.5 Å². The summed E-state index contributed by atoms with van der Waals surface area (Å²) in [7, 11) is 0. The van der Waals surface area contributed by atoms with Crippen LogP contribution in [0.4, 0.5) is 0 Å². The molecule has 2 aliphatic heterocycles. The molecule has 0 N–H and O–H groups in total. The first-order valence-corrected chi connectivity index (χ1v) is 12.4. The van der Waals surface area contributed by atoms with E-state index < -0.39 is 0 Å². The average molecular weight is 492 g/mol. The molecule has 0 bridgehead atoms. The Labute approximate surface area is 201 Å². The van der Waals surface area contributed by atoms with Gasteiger partial charge in [0.15, 0.2) is 34.6 Å². The van der Waals surface area contributed by atoms with Crippen LogP contribution in [-0.4, -0.2) is 51.0 Å². The monoisotopic (exact) mass is 491 g/mol. The topological polar surface area (TPSA) is 85.5 Å². The molecule has 0 aromatic carbocycles. The molecule has 0 saturated carbocycles. The van der Waals surface area contributed by atoms with Gasteiger partial charge in [-0.05, 0) is 12.1 Å². The van der Waals surface area contributed by atoms with Crippen LogP contribution >= 0.6 is 22.7 Å². The summed E-state index contributed by atoms with van der Waals surface area (Å²) in [5.74, 6) is 4.52. The molecule has 0 aliphatic carbocycles. The van der Waals surface area contributed by atoms with E-state index in [9.17, 15) is 0 Å². The molecule has 0 radical (unpaired) electrons. The minimum Gasteiger partial charge on any atom is -0.485 e. The van der Waals surface area contributed by atoms with Crippen molar-refractivity contribution in [2.45, 2.75) is 0 Å². The number of thiophene rings is 2. The fourth-order valence-electron chi connectivity index (χ4n) is 3.92. The van der Waals surface area contributed by atoms with Crippen LogP contribution in [0.3, 0.4) is 0 Å². The second-order valence-corrected chi connectivity index (χ2v) is 9.37. The molecule has 11 heteroatoms. The van der Waals surface area contributed by atoms with Crippen molar-refractivity contribution in [2.24, 2.45) is 0 Å². The summed E-state index contributed by atoms with van der Waals surface area (Å²) in [4.78, 5) is 6.77. The number of hydrogen-bond acceptors (Lipinski definition) is 9. The zero-order valence-electron chi connectivity index (χ0n) is 17.7. The summed E-state index contributed by atoms with van der Waals surface area (Å²) in [5, 5.41) is 13.0. The maximum Gasteiger partial charge on any atom is 0.180 e. The van der Waals surface area contributed by atoms with Crippen molar-refractivity contribution in [3.63, 3.8) is 0 Å². The number of pyridine rings is 1. The van der Waals surface area contributed by atoms with E-state index in [1.165, 1.54) is 0 Å². The third kappa shape index (κ3) is 3.24. The van der Waals surface area contributed by atoms with Crippen molar-refractivity contribution in [3.05, 3.63) is 53.7 Å². The Morgan fingerprint density at radius 2 is 1.18 bits per heavy atom. The Morgan fingerprint density at radius 3 is 1.71 bits per heavy atom. The Bertz CT molecular complexity index is 1390. The molecule has 0 atom stereocenters. The molecule has 5 aromatic rings. The van der Waals surface area contributed by atoms with Gasteiger partial charge >= 0.3 is 0 Å². The zero-order chi connectivity index (χ0) is 22.5.